The van der Waals surface area contributed by atoms with Crippen LogP contribution in [0.2, 0.25) is 0 Å². The molecule has 104 valence electrons. The summed E-state index contributed by atoms with van der Waals surface area (Å²) in [5.41, 5.74) is 2.33. The van der Waals surface area contributed by atoms with Crippen LogP contribution in [0.15, 0.2) is 48.5 Å². The molecule has 4 N–H and O–H groups in total. The van der Waals surface area contributed by atoms with E-state index in [1.807, 2.05) is 24.3 Å². The second kappa shape index (κ2) is 5.53. The lowest BCUT2D eigenvalue weighted by Crippen LogP contribution is -2.45. The summed E-state index contributed by atoms with van der Waals surface area (Å²) in [6.07, 6.45) is 0. The molecule has 0 amide bonds. The maximum Gasteiger partial charge on any atom is 0.115 e. The number of phenolic OH excluding ortho intramolecular Hbond substituents is 2. The van der Waals surface area contributed by atoms with Crippen LogP contribution in [0.5, 0.6) is 11.5 Å². The molecule has 3 rings (SSSR count). The Kier molecular flexibility index (Phi) is 3.58. The lowest BCUT2D eigenvalue weighted by Gasteiger charge is -2.31. The van der Waals surface area contributed by atoms with E-state index in [9.17, 15) is 10.2 Å². The monoisotopic (exact) mass is 270 g/mol. The highest BCUT2D eigenvalue weighted by Gasteiger charge is 2.21. The number of nitrogens with one attached hydrogen (secondary N) is 2. The van der Waals surface area contributed by atoms with Gasteiger partial charge in [-0.15, -0.1) is 0 Å². The quantitative estimate of drug-likeness (QED) is 0.674. The molecule has 1 aliphatic rings. The molecule has 1 heterocycles. The summed E-state index contributed by atoms with van der Waals surface area (Å²) in [5.74, 6) is 0.582. The lowest BCUT2D eigenvalue weighted by atomic mass is 10.00. The highest BCUT2D eigenvalue weighted by atomic mass is 16.3. The molecule has 1 fully saturated rings. The van der Waals surface area contributed by atoms with Crippen molar-refractivity contribution < 1.29 is 10.2 Å². The lowest BCUT2D eigenvalue weighted by molar-refractivity contribution is 0.356. The van der Waals surface area contributed by atoms with Gasteiger partial charge in [0, 0.05) is 25.2 Å². The number of piperazine rings is 1. The van der Waals surface area contributed by atoms with Crippen LogP contribution < -0.4 is 10.6 Å². The van der Waals surface area contributed by atoms with E-state index >= 15 is 0 Å². The Labute approximate surface area is 118 Å². The maximum absolute atomic E-state index is 9.31. The van der Waals surface area contributed by atoms with Crippen molar-refractivity contribution in [2.24, 2.45) is 0 Å². The molecule has 1 saturated heterocycles. The summed E-state index contributed by atoms with van der Waals surface area (Å²) < 4.78 is 0. The van der Waals surface area contributed by atoms with E-state index in [1.54, 1.807) is 24.3 Å². The third kappa shape index (κ3) is 2.76. The van der Waals surface area contributed by atoms with Gasteiger partial charge in [0.25, 0.3) is 0 Å². The van der Waals surface area contributed by atoms with Gasteiger partial charge in [-0.2, -0.15) is 0 Å². The first kappa shape index (κ1) is 13.0. The first-order chi connectivity index (χ1) is 9.72. The summed E-state index contributed by atoms with van der Waals surface area (Å²) in [4.78, 5) is 0. The van der Waals surface area contributed by atoms with Crippen LogP contribution >= 0.6 is 0 Å². The normalized spacial score (nSPS) is 22.6. The Morgan fingerprint density at radius 1 is 0.650 bits per heavy atom. The SMILES string of the molecule is Oc1ccc([C@@H]2CN[C@H](c3ccc(O)cc3)CN2)cc1. The topological polar surface area (TPSA) is 64.5 Å². The third-order valence-corrected chi connectivity index (χ3v) is 3.73. The van der Waals surface area contributed by atoms with Crippen molar-refractivity contribution in [3.05, 3.63) is 59.7 Å². The Morgan fingerprint density at radius 2 is 1.00 bits per heavy atom. The molecule has 0 unspecified atom stereocenters. The molecule has 0 radical (unpaired) electrons. The summed E-state index contributed by atoms with van der Waals surface area (Å²) in [6.45, 7) is 1.66. The molecule has 4 nitrogen and oxygen atoms in total. The molecule has 0 spiro atoms. The molecular formula is C16H18N2O2. The van der Waals surface area contributed by atoms with Crippen LogP contribution in [0.4, 0.5) is 0 Å². The van der Waals surface area contributed by atoms with Crippen LogP contribution in [-0.2, 0) is 0 Å². The molecular weight excluding hydrogens is 252 g/mol. The second-order valence-electron chi connectivity index (χ2n) is 5.10. The highest BCUT2D eigenvalue weighted by molar-refractivity contribution is 5.31. The summed E-state index contributed by atoms with van der Waals surface area (Å²) in [5, 5.41) is 25.6. The molecule has 20 heavy (non-hydrogen) atoms. The van der Waals surface area contributed by atoms with E-state index in [4.69, 9.17) is 0 Å². The average molecular weight is 270 g/mol. The van der Waals surface area contributed by atoms with Crippen LogP contribution in [0, 0.1) is 0 Å². The maximum atomic E-state index is 9.31. The van der Waals surface area contributed by atoms with E-state index in [2.05, 4.69) is 10.6 Å². The standard InChI is InChI=1S/C16H18N2O2/c19-13-5-1-11(2-6-13)15-9-18-16(10-17-15)12-3-7-14(20)8-4-12/h1-8,15-20H,9-10H2/t15-,16-/m0/s1. The summed E-state index contributed by atoms with van der Waals surface area (Å²) in [6, 6.07) is 15.1. The van der Waals surface area contributed by atoms with Crippen molar-refractivity contribution in [1.29, 1.82) is 0 Å². The molecule has 0 saturated carbocycles. The zero-order valence-corrected chi connectivity index (χ0v) is 11.1. The summed E-state index contributed by atoms with van der Waals surface area (Å²) >= 11 is 0. The fourth-order valence-electron chi connectivity index (χ4n) is 2.55. The van der Waals surface area contributed by atoms with E-state index in [0.717, 1.165) is 13.1 Å². The van der Waals surface area contributed by atoms with E-state index in [-0.39, 0.29) is 12.1 Å². The van der Waals surface area contributed by atoms with Gasteiger partial charge in [-0.05, 0) is 35.4 Å². The molecule has 2 atom stereocenters. The Hall–Kier alpha value is -2.04. The smallest absolute Gasteiger partial charge is 0.115 e. The molecule has 2 aromatic rings. The fraction of sp³-hybridized carbons (Fsp3) is 0.250. The minimum atomic E-state index is 0.254. The average Bonchev–Trinajstić information content (AvgIpc) is 2.49. The van der Waals surface area contributed by atoms with Gasteiger partial charge in [0.1, 0.15) is 11.5 Å². The number of phenols is 2. The van der Waals surface area contributed by atoms with E-state index in [1.165, 1.54) is 11.1 Å². The highest BCUT2D eigenvalue weighted by Crippen LogP contribution is 2.23. The van der Waals surface area contributed by atoms with Crippen molar-refractivity contribution in [3.63, 3.8) is 0 Å². The van der Waals surface area contributed by atoms with Crippen LogP contribution in [0.3, 0.4) is 0 Å². The van der Waals surface area contributed by atoms with Crippen LogP contribution in [0.25, 0.3) is 0 Å². The van der Waals surface area contributed by atoms with Gasteiger partial charge in [-0.3, -0.25) is 0 Å². The molecule has 0 aliphatic carbocycles. The van der Waals surface area contributed by atoms with Gasteiger partial charge < -0.3 is 20.8 Å². The van der Waals surface area contributed by atoms with Crippen LogP contribution in [0.1, 0.15) is 23.2 Å². The number of benzene rings is 2. The van der Waals surface area contributed by atoms with Crippen molar-refractivity contribution in [2.45, 2.75) is 12.1 Å². The minimum Gasteiger partial charge on any atom is -0.508 e. The first-order valence-electron chi connectivity index (χ1n) is 6.77. The van der Waals surface area contributed by atoms with Gasteiger partial charge in [0.2, 0.25) is 0 Å². The molecule has 0 aromatic heterocycles. The number of rotatable bonds is 2. The van der Waals surface area contributed by atoms with Crippen LogP contribution in [-0.4, -0.2) is 23.3 Å². The zero-order valence-electron chi connectivity index (χ0n) is 11.1. The van der Waals surface area contributed by atoms with Crippen molar-refractivity contribution in [1.82, 2.24) is 10.6 Å². The predicted molar refractivity (Wildman–Crippen MR) is 77.7 cm³/mol. The van der Waals surface area contributed by atoms with Gasteiger partial charge in [-0.1, -0.05) is 24.3 Å². The summed E-state index contributed by atoms with van der Waals surface area (Å²) in [7, 11) is 0. The first-order valence-corrected chi connectivity index (χ1v) is 6.77. The van der Waals surface area contributed by atoms with Gasteiger partial charge in [0.05, 0.1) is 0 Å². The van der Waals surface area contributed by atoms with Crippen molar-refractivity contribution >= 4 is 0 Å². The zero-order chi connectivity index (χ0) is 13.9. The number of hydrogen-bond acceptors (Lipinski definition) is 4. The largest absolute Gasteiger partial charge is 0.508 e. The molecule has 4 heteroatoms. The minimum absolute atomic E-state index is 0.254. The Balaban J connectivity index is 1.64. The third-order valence-electron chi connectivity index (χ3n) is 3.73. The Morgan fingerprint density at radius 3 is 1.30 bits per heavy atom. The van der Waals surface area contributed by atoms with Crippen molar-refractivity contribution in [3.8, 4) is 11.5 Å². The number of hydrogen-bond donors (Lipinski definition) is 4. The Bertz CT molecular complexity index is 505. The predicted octanol–water partition coefficient (Wildman–Crippen LogP) is 2.07. The van der Waals surface area contributed by atoms with E-state index < -0.39 is 0 Å². The number of aromatic hydroxyl groups is 2. The molecule has 1 aliphatic heterocycles. The van der Waals surface area contributed by atoms with Gasteiger partial charge in [-0.25, -0.2) is 0 Å². The van der Waals surface area contributed by atoms with Gasteiger partial charge >= 0.3 is 0 Å². The van der Waals surface area contributed by atoms with Crippen molar-refractivity contribution in [2.75, 3.05) is 13.1 Å². The molecule has 0 bridgehead atoms. The molecule has 2 aromatic carbocycles. The fourth-order valence-corrected chi connectivity index (χ4v) is 2.55. The van der Waals surface area contributed by atoms with E-state index in [0.29, 0.717) is 11.5 Å². The second-order valence-corrected chi connectivity index (χ2v) is 5.10. The van der Waals surface area contributed by atoms with Gasteiger partial charge in [0.15, 0.2) is 0 Å².